The summed E-state index contributed by atoms with van der Waals surface area (Å²) in [6.45, 7) is 0. The van der Waals surface area contributed by atoms with Crippen LogP contribution in [-0.4, -0.2) is 22.6 Å². The highest BCUT2D eigenvalue weighted by molar-refractivity contribution is 7.92. The number of hydrogen-bond donors (Lipinski definition) is 1. The molecule has 0 amide bonds. The maximum atomic E-state index is 13.7. The van der Waals surface area contributed by atoms with E-state index >= 15 is 0 Å². The van der Waals surface area contributed by atoms with Gasteiger partial charge in [0.15, 0.2) is 17.5 Å². The molecule has 0 aliphatic rings. The topological polar surface area (TPSA) is 64.6 Å². The second-order valence-electron chi connectivity index (χ2n) is 4.35. The Morgan fingerprint density at radius 1 is 0.957 bits per heavy atom. The van der Waals surface area contributed by atoms with Crippen molar-refractivity contribution in [1.29, 1.82) is 0 Å². The molecule has 5 nitrogen and oxygen atoms in total. The lowest BCUT2D eigenvalue weighted by molar-refractivity contribution is 0.405. The quantitative estimate of drug-likeness (QED) is 0.845. The second-order valence-corrected chi connectivity index (χ2v) is 6.00. The Balaban J connectivity index is 2.49. The molecule has 124 valence electrons. The van der Waals surface area contributed by atoms with Crippen molar-refractivity contribution >= 4 is 15.7 Å². The van der Waals surface area contributed by atoms with Gasteiger partial charge in [-0.2, -0.15) is 0 Å². The van der Waals surface area contributed by atoms with Crippen LogP contribution in [0.2, 0.25) is 0 Å². The van der Waals surface area contributed by atoms with Gasteiger partial charge in [0.25, 0.3) is 10.0 Å². The molecule has 0 saturated carbocycles. The number of rotatable bonds is 5. The summed E-state index contributed by atoms with van der Waals surface area (Å²) in [6.07, 6.45) is 0. The predicted octanol–water partition coefficient (Wildman–Crippen LogP) is 2.92. The van der Waals surface area contributed by atoms with Gasteiger partial charge in [-0.05, 0) is 24.3 Å². The van der Waals surface area contributed by atoms with E-state index in [9.17, 15) is 21.6 Å². The fourth-order valence-electron chi connectivity index (χ4n) is 1.81. The largest absolute Gasteiger partial charge is 0.497 e. The number of halogens is 3. The SMILES string of the molecule is COc1ccc(OC)c(NS(=O)(=O)c2ccc(F)c(F)c2F)c1. The van der Waals surface area contributed by atoms with E-state index < -0.39 is 32.4 Å². The zero-order valence-corrected chi connectivity index (χ0v) is 12.9. The summed E-state index contributed by atoms with van der Waals surface area (Å²) < 4.78 is 76.3. The van der Waals surface area contributed by atoms with Crippen molar-refractivity contribution in [2.75, 3.05) is 18.9 Å². The summed E-state index contributed by atoms with van der Waals surface area (Å²) in [5.41, 5.74) is -0.0454. The monoisotopic (exact) mass is 347 g/mol. The third kappa shape index (κ3) is 3.34. The molecule has 0 bridgehead atoms. The van der Waals surface area contributed by atoms with Crippen LogP contribution >= 0.6 is 0 Å². The van der Waals surface area contributed by atoms with Crippen molar-refractivity contribution in [1.82, 2.24) is 0 Å². The molecule has 23 heavy (non-hydrogen) atoms. The molecule has 1 N–H and O–H groups in total. The highest BCUT2D eigenvalue weighted by Crippen LogP contribution is 2.31. The molecule has 0 spiro atoms. The van der Waals surface area contributed by atoms with Crippen molar-refractivity contribution in [3.05, 3.63) is 47.8 Å². The Morgan fingerprint density at radius 2 is 1.65 bits per heavy atom. The van der Waals surface area contributed by atoms with Gasteiger partial charge in [-0.15, -0.1) is 0 Å². The van der Waals surface area contributed by atoms with Crippen molar-refractivity contribution in [3.8, 4) is 11.5 Å². The molecule has 0 unspecified atom stereocenters. The van der Waals surface area contributed by atoms with E-state index in [0.717, 1.165) is 0 Å². The van der Waals surface area contributed by atoms with Crippen LogP contribution in [0.25, 0.3) is 0 Å². The van der Waals surface area contributed by atoms with E-state index in [2.05, 4.69) is 4.72 Å². The summed E-state index contributed by atoms with van der Waals surface area (Å²) in [5, 5.41) is 0. The average molecular weight is 347 g/mol. The van der Waals surface area contributed by atoms with Crippen molar-refractivity contribution in [3.63, 3.8) is 0 Å². The van der Waals surface area contributed by atoms with Gasteiger partial charge in [0, 0.05) is 6.07 Å². The number of sulfonamides is 1. The minimum absolute atomic E-state index is 0.0454. The van der Waals surface area contributed by atoms with Gasteiger partial charge in [-0.1, -0.05) is 0 Å². The summed E-state index contributed by atoms with van der Waals surface area (Å²) in [7, 11) is -1.83. The third-order valence-electron chi connectivity index (χ3n) is 2.94. The molecular weight excluding hydrogens is 335 g/mol. The first-order valence-corrected chi connectivity index (χ1v) is 7.67. The van der Waals surface area contributed by atoms with Crippen LogP contribution in [0.1, 0.15) is 0 Å². The predicted molar refractivity (Wildman–Crippen MR) is 76.7 cm³/mol. The Bertz CT molecular complexity index is 840. The summed E-state index contributed by atoms with van der Waals surface area (Å²) in [4.78, 5) is -1.03. The van der Waals surface area contributed by atoms with Gasteiger partial charge < -0.3 is 9.47 Å². The number of benzene rings is 2. The van der Waals surface area contributed by atoms with Crippen LogP contribution in [0.5, 0.6) is 11.5 Å². The number of nitrogens with one attached hydrogen (secondary N) is 1. The molecule has 0 aliphatic carbocycles. The first-order chi connectivity index (χ1) is 10.8. The fraction of sp³-hybridized carbons (Fsp3) is 0.143. The van der Waals surface area contributed by atoms with E-state index in [1.54, 1.807) is 0 Å². The molecule has 0 heterocycles. The lowest BCUT2D eigenvalue weighted by Gasteiger charge is -2.13. The van der Waals surface area contributed by atoms with Crippen LogP contribution in [0, 0.1) is 17.5 Å². The highest BCUT2D eigenvalue weighted by Gasteiger charge is 2.25. The molecular formula is C14H12F3NO4S. The van der Waals surface area contributed by atoms with E-state index in [1.165, 1.54) is 32.4 Å². The van der Waals surface area contributed by atoms with Crippen molar-refractivity contribution < 1.29 is 31.1 Å². The lowest BCUT2D eigenvalue weighted by Crippen LogP contribution is -2.16. The van der Waals surface area contributed by atoms with Crippen molar-refractivity contribution in [2.24, 2.45) is 0 Å². The number of ether oxygens (including phenoxy) is 2. The summed E-state index contributed by atoms with van der Waals surface area (Å²) >= 11 is 0. The molecule has 0 aliphatic heterocycles. The minimum Gasteiger partial charge on any atom is -0.497 e. The van der Waals surface area contributed by atoms with Gasteiger partial charge >= 0.3 is 0 Å². The minimum atomic E-state index is -4.51. The van der Waals surface area contributed by atoms with Gasteiger partial charge in [-0.25, -0.2) is 21.6 Å². The maximum Gasteiger partial charge on any atom is 0.265 e. The van der Waals surface area contributed by atoms with E-state index in [-0.39, 0.29) is 11.4 Å². The molecule has 2 aromatic rings. The molecule has 9 heteroatoms. The van der Waals surface area contributed by atoms with Gasteiger partial charge in [0.1, 0.15) is 16.4 Å². The standard InChI is InChI=1S/C14H12F3NO4S/c1-21-8-3-5-11(22-2)10(7-8)18-23(19,20)12-6-4-9(15)13(16)14(12)17/h3-7,18H,1-2H3. The van der Waals surface area contributed by atoms with Crippen molar-refractivity contribution in [2.45, 2.75) is 4.90 Å². The summed E-state index contributed by atoms with van der Waals surface area (Å²) in [6, 6.07) is 5.40. The molecule has 0 fully saturated rings. The van der Waals surface area contributed by atoms with E-state index in [1.807, 2.05) is 0 Å². The zero-order valence-electron chi connectivity index (χ0n) is 12.1. The van der Waals surface area contributed by atoms with Crippen LogP contribution < -0.4 is 14.2 Å². The van der Waals surface area contributed by atoms with Gasteiger partial charge in [-0.3, -0.25) is 4.72 Å². The smallest absolute Gasteiger partial charge is 0.265 e. The Morgan fingerprint density at radius 3 is 2.26 bits per heavy atom. The average Bonchev–Trinajstić information content (AvgIpc) is 2.51. The maximum absolute atomic E-state index is 13.7. The van der Waals surface area contributed by atoms with Gasteiger partial charge in [0.2, 0.25) is 0 Å². The lowest BCUT2D eigenvalue weighted by atomic mass is 10.3. The molecule has 2 rings (SSSR count). The second kappa shape index (κ2) is 6.37. The highest BCUT2D eigenvalue weighted by atomic mass is 32.2. The first kappa shape index (κ1) is 16.9. The number of methoxy groups -OCH3 is 2. The Labute approximate surface area is 130 Å². The Kier molecular flexibility index (Phi) is 4.69. The first-order valence-electron chi connectivity index (χ1n) is 6.18. The number of hydrogen-bond acceptors (Lipinski definition) is 4. The molecule has 0 aromatic heterocycles. The third-order valence-corrected chi connectivity index (χ3v) is 4.32. The molecule has 0 saturated heterocycles. The van der Waals surface area contributed by atoms with Crippen LogP contribution in [0.3, 0.4) is 0 Å². The Hall–Kier alpha value is -2.42. The molecule has 0 atom stereocenters. The van der Waals surface area contributed by atoms with Crippen LogP contribution in [0.15, 0.2) is 35.2 Å². The van der Waals surface area contributed by atoms with Crippen LogP contribution in [0.4, 0.5) is 18.9 Å². The van der Waals surface area contributed by atoms with Crippen LogP contribution in [-0.2, 0) is 10.0 Å². The molecule has 0 radical (unpaired) electrons. The normalized spacial score (nSPS) is 11.2. The van der Waals surface area contributed by atoms with E-state index in [0.29, 0.717) is 17.9 Å². The van der Waals surface area contributed by atoms with Gasteiger partial charge in [0.05, 0.1) is 19.9 Å². The molecule has 2 aromatic carbocycles. The summed E-state index contributed by atoms with van der Waals surface area (Å²) in [5.74, 6) is -4.71. The van der Waals surface area contributed by atoms with E-state index in [4.69, 9.17) is 9.47 Å². The number of anilines is 1. The fourth-order valence-corrected chi connectivity index (χ4v) is 2.94. The zero-order chi connectivity index (χ0) is 17.2.